The van der Waals surface area contributed by atoms with Crippen molar-refractivity contribution in [2.45, 2.75) is 25.3 Å². The fourth-order valence-corrected chi connectivity index (χ4v) is 2.79. The van der Waals surface area contributed by atoms with Gasteiger partial charge in [0.2, 0.25) is 0 Å². The van der Waals surface area contributed by atoms with E-state index in [1.54, 1.807) is 0 Å². The molecule has 0 radical (unpaired) electrons. The van der Waals surface area contributed by atoms with Gasteiger partial charge in [-0.2, -0.15) is 0 Å². The first kappa shape index (κ1) is 12.9. The van der Waals surface area contributed by atoms with E-state index in [2.05, 4.69) is 42.5 Å². The predicted molar refractivity (Wildman–Crippen MR) is 85.4 cm³/mol. The van der Waals surface area contributed by atoms with Crippen LogP contribution in [0.3, 0.4) is 0 Å². The molecule has 0 amide bonds. The second kappa shape index (κ2) is 5.51. The molecule has 3 rings (SSSR count). The molecule has 1 aliphatic carbocycles. The lowest BCUT2D eigenvalue weighted by molar-refractivity contribution is 0.728. The van der Waals surface area contributed by atoms with Gasteiger partial charge in [0, 0.05) is 18.2 Å². The van der Waals surface area contributed by atoms with Gasteiger partial charge in [-0.3, -0.25) is 0 Å². The minimum atomic E-state index is 0.146. The summed E-state index contributed by atoms with van der Waals surface area (Å²) in [5.74, 6) is 0. The van der Waals surface area contributed by atoms with E-state index in [0.717, 1.165) is 24.9 Å². The minimum Gasteiger partial charge on any atom is -0.398 e. The average molecular weight is 264 g/mol. The summed E-state index contributed by atoms with van der Waals surface area (Å²) in [7, 11) is 0. The average Bonchev–Trinajstić information content (AvgIpc) is 2.66. The summed E-state index contributed by atoms with van der Waals surface area (Å²) in [4.78, 5) is 0. The molecule has 0 heterocycles. The minimum absolute atomic E-state index is 0.146. The quantitative estimate of drug-likeness (QED) is 0.819. The first-order valence-electron chi connectivity index (χ1n) is 7.12. The van der Waals surface area contributed by atoms with Gasteiger partial charge in [0.1, 0.15) is 0 Å². The zero-order valence-electron chi connectivity index (χ0n) is 11.5. The maximum atomic E-state index is 6.21. The molecular weight excluding hydrogens is 244 g/mol. The van der Waals surface area contributed by atoms with Crippen molar-refractivity contribution in [1.82, 2.24) is 0 Å². The van der Waals surface area contributed by atoms with E-state index in [-0.39, 0.29) is 6.04 Å². The number of nitrogen functional groups attached to an aromatic ring is 1. The highest BCUT2D eigenvalue weighted by Crippen LogP contribution is 2.28. The molecule has 2 aromatic carbocycles. The van der Waals surface area contributed by atoms with Crippen LogP contribution in [-0.2, 0) is 12.8 Å². The number of hydrogen-bond acceptors (Lipinski definition) is 2. The molecule has 0 fully saturated rings. The van der Waals surface area contributed by atoms with E-state index >= 15 is 0 Å². The van der Waals surface area contributed by atoms with Gasteiger partial charge < -0.3 is 11.5 Å². The Labute approximate surface area is 120 Å². The maximum Gasteiger partial charge on any atom is 0.0356 e. The molecule has 102 valence electrons. The number of hydrogen-bond donors (Lipinski definition) is 2. The molecule has 1 unspecified atom stereocenters. The summed E-state index contributed by atoms with van der Waals surface area (Å²) in [5.41, 5.74) is 18.2. The highest BCUT2D eigenvalue weighted by atomic mass is 14.6. The third-order valence-electron chi connectivity index (χ3n) is 3.96. The Balaban J connectivity index is 2.04. The molecule has 0 bridgehead atoms. The highest BCUT2D eigenvalue weighted by molar-refractivity contribution is 5.68. The molecule has 0 aliphatic heterocycles. The third kappa shape index (κ3) is 2.61. The number of anilines is 1. The molecule has 4 N–H and O–H groups in total. The van der Waals surface area contributed by atoms with Crippen LogP contribution in [0.4, 0.5) is 5.69 Å². The summed E-state index contributed by atoms with van der Waals surface area (Å²) < 4.78 is 0. The van der Waals surface area contributed by atoms with Gasteiger partial charge >= 0.3 is 0 Å². The summed E-state index contributed by atoms with van der Waals surface area (Å²) in [6, 6.07) is 14.8. The van der Waals surface area contributed by atoms with Crippen molar-refractivity contribution in [1.29, 1.82) is 0 Å². The zero-order valence-corrected chi connectivity index (χ0v) is 11.5. The Morgan fingerprint density at radius 3 is 2.65 bits per heavy atom. The van der Waals surface area contributed by atoms with Crippen LogP contribution in [0.5, 0.6) is 0 Å². The fraction of sp³-hybridized carbons (Fsp3) is 0.222. The van der Waals surface area contributed by atoms with Crippen LogP contribution in [0.1, 0.15) is 28.7 Å². The number of aryl methyl sites for hydroxylation is 1. The van der Waals surface area contributed by atoms with E-state index < -0.39 is 0 Å². The first-order valence-corrected chi connectivity index (χ1v) is 7.12. The van der Waals surface area contributed by atoms with Crippen LogP contribution >= 0.6 is 0 Å². The Morgan fingerprint density at radius 1 is 1.05 bits per heavy atom. The van der Waals surface area contributed by atoms with Crippen molar-refractivity contribution in [3.05, 3.63) is 70.8 Å². The lowest BCUT2D eigenvalue weighted by atomic mass is 9.93. The van der Waals surface area contributed by atoms with Gasteiger partial charge in [0.15, 0.2) is 0 Å². The third-order valence-corrected chi connectivity index (χ3v) is 3.96. The van der Waals surface area contributed by atoms with Crippen molar-refractivity contribution < 1.29 is 0 Å². The van der Waals surface area contributed by atoms with Crippen LogP contribution < -0.4 is 11.5 Å². The molecule has 0 saturated carbocycles. The number of rotatable bonds is 2. The maximum absolute atomic E-state index is 6.21. The van der Waals surface area contributed by atoms with Crippen molar-refractivity contribution in [2.24, 2.45) is 5.73 Å². The smallest absolute Gasteiger partial charge is 0.0356 e. The molecular formula is C18H20N2. The van der Waals surface area contributed by atoms with E-state index in [4.69, 9.17) is 11.5 Å². The molecule has 2 heteroatoms. The Kier molecular flexibility index (Phi) is 3.57. The van der Waals surface area contributed by atoms with Crippen molar-refractivity contribution in [3.8, 4) is 0 Å². The van der Waals surface area contributed by atoms with Crippen LogP contribution in [-0.4, -0.2) is 6.04 Å². The summed E-state index contributed by atoms with van der Waals surface area (Å²) in [6.07, 6.45) is 7.14. The Hall–Kier alpha value is -2.06. The fourth-order valence-electron chi connectivity index (χ4n) is 2.79. The summed E-state index contributed by atoms with van der Waals surface area (Å²) in [6.45, 7) is 0. The largest absolute Gasteiger partial charge is 0.398 e. The van der Waals surface area contributed by atoms with Crippen LogP contribution in [0, 0.1) is 0 Å². The molecule has 0 saturated heterocycles. The number of nitrogens with two attached hydrogens (primary N) is 2. The van der Waals surface area contributed by atoms with Gasteiger partial charge in [-0.1, -0.05) is 48.6 Å². The summed E-state index contributed by atoms with van der Waals surface area (Å²) in [5, 5.41) is 0. The van der Waals surface area contributed by atoms with Crippen molar-refractivity contribution in [2.75, 3.05) is 5.73 Å². The monoisotopic (exact) mass is 264 g/mol. The molecule has 0 aromatic heterocycles. The van der Waals surface area contributed by atoms with Gasteiger partial charge in [-0.25, -0.2) is 0 Å². The van der Waals surface area contributed by atoms with Gasteiger partial charge in [-0.15, -0.1) is 0 Å². The SMILES string of the molecule is Nc1ccc2c(c1Cc1ccccc1)C=CC(N)CC2. The second-order valence-corrected chi connectivity index (χ2v) is 5.43. The Morgan fingerprint density at radius 2 is 1.85 bits per heavy atom. The van der Waals surface area contributed by atoms with Crippen LogP contribution in [0.2, 0.25) is 0 Å². The second-order valence-electron chi connectivity index (χ2n) is 5.43. The molecule has 2 aromatic rings. The van der Waals surface area contributed by atoms with E-state index in [1.807, 2.05) is 12.1 Å². The highest BCUT2D eigenvalue weighted by Gasteiger charge is 2.14. The van der Waals surface area contributed by atoms with E-state index in [9.17, 15) is 0 Å². The standard InChI is InChI=1S/C18H20N2/c19-15-8-6-14-7-11-18(20)17(16(14)10-9-15)12-13-4-2-1-3-5-13/h1-5,7,9-11,15H,6,8,12,19-20H2. The van der Waals surface area contributed by atoms with Crippen molar-refractivity contribution in [3.63, 3.8) is 0 Å². The lowest BCUT2D eigenvalue weighted by Gasteiger charge is -2.14. The first-order chi connectivity index (χ1) is 9.74. The number of fused-ring (bicyclic) bond motifs is 1. The van der Waals surface area contributed by atoms with Crippen LogP contribution in [0.15, 0.2) is 48.5 Å². The van der Waals surface area contributed by atoms with Gasteiger partial charge in [0.25, 0.3) is 0 Å². The van der Waals surface area contributed by atoms with Crippen molar-refractivity contribution >= 4 is 11.8 Å². The van der Waals surface area contributed by atoms with E-state index in [1.165, 1.54) is 22.3 Å². The van der Waals surface area contributed by atoms with Crippen LogP contribution in [0.25, 0.3) is 6.08 Å². The summed E-state index contributed by atoms with van der Waals surface area (Å²) >= 11 is 0. The van der Waals surface area contributed by atoms with Gasteiger partial charge in [0.05, 0.1) is 0 Å². The molecule has 0 spiro atoms. The van der Waals surface area contributed by atoms with Gasteiger partial charge in [-0.05, 0) is 41.2 Å². The topological polar surface area (TPSA) is 52.0 Å². The lowest BCUT2D eigenvalue weighted by Crippen LogP contribution is -2.16. The number of benzene rings is 2. The molecule has 20 heavy (non-hydrogen) atoms. The normalized spacial score (nSPS) is 17.6. The van der Waals surface area contributed by atoms with E-state index in [0.29, 0.717) is 0 Å². The zero-order chi connectivity index (χ0) is 13.9. The predicted octanol–water partition coefficient (Wildman–Crippen LogP) is 3.15. The molecule has 1 aliphatic rings. The molecule has 1 atom stereocenters. The molecule has 2 nitrogen and oxygen atoms in total. The Bertz CT molecular complexity index is 629.